The Morgan fingerprint density at radius 2 is 1.46 bits per heavy atom. The molecule has 1 saturated carbocycles. The molecule has 2 N–H and O–H groups in total. The van der Waals surface area contributed by atoms with E-state index in [4.69, 9.17) is 23.4 Å². The maximum Gasteiger partial charge on any atom is 0.261 e. The van der Waals surface area contributed by atoms with Crippen molar-refractivity contribution in [1.29, 1.82) is 0 Å². The first-order valence-electron chi connectivity index (χ1n) is 21.0. The van der Waals surface area contributed by atoms with Gasteiger partial charge in [0.2, 0.25) is 0 Å². The number of unbranched alkanes of at least 4 members (excludes halogenated alkanes) is 3. The van der Waals surface area contributed by atoms with E-state index in [1.165, 1.54) is 10.4 Å². The zero-order valence-corrected chi connectivity index (χ0v) is 36.6. The quantitative estimate of drug-likeness (QED) is 0.0606. The molecule has 1 spiro atoms. The average Bonchev–Trinajstić information content (AvgIpc) is 3.51. The molecule has 0 radical (unpaired) electrons. The van der Waals surface area contributed by atoms with Crippen LogP contribution in [0.25, 0.3) is 0 Å². The number of rotatable bonds is 20. The van der Waals surface area contributed by atoms with Gasteiger partial charge in [-0.1, -0.05) is 126 Å². The van der Waals surface area contributed by atoms with Crippen molar-refractivity contribution in [2.75, 3.05) is 39.8 Å². The number of fused-ring (bicyclic) bond motifs is 3. The maximum absolute atomic E-state index is 12.0. The molecule has 0 amide bonds. The molecule has 1 heterocycles. The van der Waals surface area contributed by atoms with Gasteiger partial charge < -0.3 is 33.6 Å². The molecule has 302 valence electrons. The third kappa shape index (κ3) is 10.8. The van der Waals surface area contributed by atoms with E-state index >= 15 is 0 Å². The van der Waals surface area contributed by atoms with Gasteiger partial charge in [-0.15, -0.1) is 0 Å². The largest absolute Gasteiger partial charge is 0.407 e. The molecule has 2 aromatic rings. The summed E-state index contributed by atoms with van der Waals surface area (Å²) < 4.78 is 31.1. The molecule has 2 fully saturated rings. The molecule has 2 aromatic carbocycles. The van der Waals surface area contributed by atoms with Gasteiger partial charge in [-0.2, -0.15) is 0 Å². The van der Waals surface area contributed by atoms with E-state index in [0.717, 1.165) is 63.4 Å². The van der Waals surface area contributed by atoms with Crippen molar-refractivity contribution in [2.45, 2.75) is 135 Å². The Balaban J connectivity index is 1.23. The zero-order valence-electron chi connectivity index (χ0n) is 34.6. The Labute approximate surface area is 329 Å². The Morgan fingerprint density at radius 1 is 0.815 bits per heavy atom. The predicted molar refractivity (Wildman–Crippen MR) is 224 cm³/mol. The normalized spacial score (nSPS) is 27.6. The highest BCUT2D eigenvalue weighted by atomic mass is 28.4. The van der Waals surface area contributed by atoms with Crippen molar-refractivity contribution < 1.29 is 33.6 Å². The van der Waals surface area contributed by atoms with Gasteiger partial charge in [0, 0.05) is 46.3 Å². The highest BCUT2D eigenvalue weighted by Crippen LogP contribution is 2.55. The zero-order chi connectivity index (χ0) is 38.8. The van der Waals surface area contributed by atoms with Crippen LogP contribution in [0, 0.1) is 23.2 Å². The van der Waals surface area contributed by atoms with Crippen LogP contribution in [0.4, 0.5) is 0 Å². The summed E-state index contributed by atoms with van der Waals surface area (Å²) in [6, 6.07) is 22.9. The Hall–Kier alpha value is -1.67. The fourth-order valence-corrected chi connectivity index (χ4v) is 15.0. The van der Waals surface area contributed by atoms with Crippen molar-refractivity contribution in [1.82, 2.24) is 0 Å². The van der Waals surface area contributed by atoms with Crippen LogP contribution < -0.4 is 10.4 Å². The first-order valence-corrected chi connectivity index (χ1v) is 26.6. The summed E-state index contributed by atoms with van der Waals surface area (Å²) in [5.74, 6) is 0.539. The summed E-state index contributed by atoms with van der Waals surface area (Å²) >= 11 is 0. The van der Waals surface area contributed by atoms with Crippen molar-refractivity contribution in [3.63, 3.8) is 0 Å². The molecule has 0 aromatic heterocycles. The van der Waals surface area contributed by atoms with E-state index in [2.05, 4.69) is 107 Å². The maximum atomic E-state index is 12.0. The van der Waals surface area contributed by atoms with Crippen LogP contribution in [0.3, 0.4) is 0 Å². The predicted octanol–water partition coefficient (Wildman–Crippen LogP) is 8.31. The second-order valence-electron chi connectivity index (χ2n) is 18.6. The molecular weight excluding hydrogens is 709 g/mol. The molecule has 2 aliphatic carbocycles. The van der Waals surface area contributed by atoms with Crippen LogP contribution in [0.15, 0.2) is 72.3 Å². The van der Waals surface area contributed by atoms with Crippen molar-refractivity contribution in [2.24, 2.45) is 23.2 Å². The smallest absolute Gasteiger partial charge is 0.261 e. The second kappa shape index (κ2) is 19.7. The molecule has 2 bridgehead atoms. The Morgan fingerprint density at radius 3 is 2.09 bits per heavy atom. The van der Waals surface area contributed by atoms with Crippen LogP contribution in [-0.4, -0.2) is 84.9 Å². The molecule has 1 unspecified atom stereocenters. The lowest BCUT2D eigenvalue weighted by atomic mass is 9.63. The summed E-state index contributed by atoms with van der Waals surface area (Å²) in [5, 5.41) is 26.0. The van der Waals surface area contributed by atoms with Crippen LogP contribution in [0.2, 0.25) is 30.7 Å². The fourth-order valence-electron chi connectivity index (χ4n) is 9.64. The number of hydrogen-bond donors (Lipinski definition) is 2. The number of hydrogen-bond acceptors (Lipinski definition) is 7. The van der Waals surface area contributed by atoms with Gasteiger partial charge in [-0.3, -0.25) is 0 Å². The van der Waals surface area contributed by atoms with E-state index in [1.807, 2.05) is 6.92 Å². The highest BCUT2D eigenvalue weighted by Gasteiger charge is 2.54. The summed E-state index contributed by atoms with van der Waals surface area (Å²) in [6.45, 7) is 19.6. The average molecular weight is 781 g/mol. The molecule has 3 aliphatic rings. The number of aliphatic hydroxyl groups is 2. The standard InChI is InChI=1S/C45H72O7Si2/c1-8-50-42-32-45(33-51-42)31-36(46)30-40-39(24-26-48-34-49-27-28-53(5,6)7)35(29-41(45)43(40)47)19-13-9-10-18-25-52-54(44(2,3)4,37-20-14-11-15-21-37)38-22-16-12-17-23-38/h11-12,14-17,20-23,29,35-36,39-40,42-43,46-47H,8-10,13,18-19,24-28,30-34H2,1-7H3/t35-,36+,39+,40-,42?,43+,45+/m0/s1. The molecule has 7 nitrogen and oxygen atoms in total. The molecular formula is C45H72O7Si2. The lowest BCUT2D eigenvalue weighted by Crippen LogP contribution is -2.66. The van der Waals surface area contributed by atoms with Crippen LogP contribution in [-0.2, 0) is 23.4 Å². The van der Waals surface area contributed by atoms with Gasteiger partial charge >= 0.3 is 0 Å². The van der Waals surface area contributed by atoms with Gasteiger partial charge in [0.15, 0.2) is 6.29 Å². The van der Waals surface area contributed by atoms with Crippen LogP contribution >= 0.6 is 0 Å². The summed E-state index contributed by atoms with van der Waals surface area (Å²) in [7, 11) is -3.68. The van der Waals surface area contributed by atoms with E-state index < -0.39 is 28.6 Å². The van der Waals surface area contributed by atoms with E-state index in [9.17, 15) is 10.2 Å². The molecule has 7 atom stereocenters. The highest BCUT2D eigenvalue weighted by molar-refractivity contribution is 6.99. The molecule has 9 heteroatoms. The number of benzene rings is 2. The SMILES string of the molecule is CCOC1C[C@@]2(CO1)C[C@H](O)C[C@H]1[C@H](CCOCOCC[Si](C)(C)C)[C@@H](CCCCCCO[Si](c3ccccc3)(c3ccccc3)C(C)(C)C)C=C2[C@@H]1O. The number of allylic oxidation sites excluding steroid dienone is 1. The van der Waals surface area contributed by atoms with Crippen LogP contribution in [0.1, 0.15) is 85.5 Å². The first-order chi connectivity index (χ1) is 25.8. The molecule has 1 aliphatic heterocycles. The van der Waals surface area contributed by atoms with Crippen molar-refractivity contribution in [3.8, 4) is 0 Å². The van der Waals surface area contributed by atoms with Crippen molar-refractivity contribution in [3.05, 3.63) is 72.3 Å². The number of ether oxygens (including phenoxy) is 4. The number of aliphatic hydroxyl groups excluding tert-OH is 2. The van der Waals surface area contributed by atoms with Gasteiger partial charge in [0.05, 0.1) is 18.8 Å². The van der Waals surface area contributed by atoms with Gasteiger partial charge in [0.1, 0.15) is 6.79 Å². The van der Waals surface area contributed by atoms with Gasteiger partial charge in [-0.25, -0.2) is 0 Å². The second-order valence-corrected chi connectivity index (χ2v) is 28.5. The van der Waals surface area contributed by atoms with Crippen molar-refractivity contribution >= 4 is 26.8 Å². The van der Waals surface area contributed by atoms with Gasteiger partial charge in [-0.05, 0) is 83.8 Å². The Bertz CT molecular complexity index is 1390. The minimum absolute atomic E-state index is 0.00761. The van der Waals surface area contributed by atoms with E-state index in [1.54, 1.807) is 0 Å². The summed E-state index contributed by atoms with van der Waals surface area (Å²) in [4.78, 5) is 0. The Kier molecular flexibility index (Phi) is 15.8. The minimum Gasteiger partial charge on any atom is -0.407 e. The summed E-state index contributed by atoms with van der Waals surface area (Å²) in [6.07, 6.45) is 9.24. The monoisotopic (exact) mass is 780 g/mol. The molecule has 1 saturated heterocycles. The third-order valence-corrected chi connectivity index (χ3v) is 19.1. The topological polar surface area (TPSA) is 86.6 Å². The van der Waals surface area contributed by atoms with Gasteiger partial charge in [0.25, 0.3) is 8.32 Å². The lowest BCUT2D eigenvalue weighted by molar-refractivity contribution is -0.106. The fraction of sp³-hybridized carbons (Fsp3) is 0.689. The lowest BCUT2D eigenvalue weighted by Gasteiger charge is -2.43. The molecule has 5 rings (SSSR count). The minimum atomic E-state index is -2.53. The van der Waals surface area contributed by atoms with E-state index in [-0.39, 0.29) is 28.6 Å². The van der Waals surface area contributed by atoms with E-state index in [0.29, 0.717) is 51.8 Å². The third-order valence-electron chi connectivity index (χ3n) is 12.4. The first kappa shape index (κ1) is 43.5. The molecule has 54 heavy (non-hydrogen) atoms. The van der Waals surface area contributed by atoms with Crippen LogP contribution in [0.5, 0.6) is 0 Å². The summed E-state index contributed by atoms with van der Waals surface area (Å²) in [5.41, 5.74) is 0.706.